The number of rotatable bonds is 3. The number of halogens is 3. The van der Waals surface area contributed by atoms with Crippen LogP contribution in [-0.2, 0) is 6.61 Å². The van der Waals surface area contributed by atoms with Gasteiger partial charge in [0.15, 0.2) is 5.75 Å². The lowest BCUT2D eigenvalue weighted by Gasteiger charge is -2.11. The third-order valence-electron chi connectivity index (χ3n) is 2.57. The zero-order valence-electron chi connectivity index (χ0n) is 10.2. The molecule has 0 unspecified atom stereocenters. The summed E-state index contributed by atoms with van der Waals surface area (Å²) in [5.41, 5.74) is 6.57. The van der Waals surface area contributed by atoms with Crippen LogP contribution in [0.25, 0.3) is 0 Å². The lowest BCUT2D eigenvalue weighted by atomic mass is 10.1. The summed E-state index contributed by atoms with van der Waals surface area (Å²) in [5.74, 6) is -0.240. The van der Waals surface area contributed by atoms with Crippen LogP contribution in [0.4, 0.5) is 10.1 Å². The second-order valence-corrected chi connectivity index (χ2v) is 4.83. The van der Waals surface area contributed by atoms with Crippen molar-refractivity contribution in [3.8, 4) is 11.8 Å². The Morgan fingerprint density at radius 2 is 1.85 bits per heavy atom. The molecule has 0 atom stereocenters. The molecule has 0 spiro atoms. The van der Waals surface area contributed by atoms with E-state index in [2.05, 4.69) is 0 Å². The fourth-order valence-corrected chi connectivity index (χ4v) is 2.24. The fraction of sp³-hybridized carbons (Fsp3) is 0.0714. The van der Waals surface area contributed by atoms with Gasteiger partial charge in [-0.2, -0.15) is 5.26 Å². The molecule has 102 valence electrons. The lowest BCUT2D eigenvalue weighted by molar-refractivity contribution is 0.300. The molecule has 0 bridgehead atoms. The first-order chi connectivity index (χ1) is 9.51. The molecule has 0 fully saturated rings. The van der Waals surface area contributed by atoms with Crippen molar-refractivity contribution in [1.82, 2.24) is 0 Å². The third-order valence-corrected chi connectivity index (χ3v) is 3.13. The third kappa shape index (κ3) is 3.13. The summed E-state index contributed by atoms with van der Waals surface area (Å²) >= 11 is 11.9. The Balaban J connectivity index is 2.24. The number of nitrogens with zero attached hydrogens (tertiary/aromatic N) is 1. The molecule has 0 aromatic heterocycles. The first-order valence-corrected chi connectivity index (χ1v) is 6.32. The number of ether oxygens (including phenoxy) is 1. The average molecular weight is 311 g/mol. The van der Waals surface area contributed by atoms with E-state index in [1.54, 1.807) is 0 Å². The molecule has 3 nitrogen and oxygen atoms in total. The number of anilines is 1. The van der Waals surface area contributed by atoms with Gasteiger partial charge in [0, 0.05) is 11.3 Å². The van der Waals surface area contributed by atoms with Gasteiger partial charge in [0.25, 0.3) is 0 Å². The number of benzene rings is 2. The van der Waals surface area contributed by atoms with Crippen molar-refractivity contribution in [3.05, 3.63) is 57.3 Å². The Kier molecular flexibility index (Phi) is 4.33. The summed E-state index contributed by atoms with van der Waals surface area (Å²) in [7, 11) is 0. The number of hydrogen-bond donors (Lipinski definition) is 1. The molecule has 20 heavy (non-hydrogen) atoms. The predicted octanol–water partition coefficient (Wildman–Crippen LogP) is 4.17. The van der Waals surface area contributed by atoms with Crippen molar-refractivity contribution in [3.63, 3.8) is 0 Å². The molecular weight excluding hydrogens is 302 g/mol. The minimum Gasteiger partial charge on any atom is -0.486 e. The summed E-state index contributed by atoms with van der Waals surface area (Å²) in [6.45, 7) is -0.0925. The molecule has 0 saturated heterocycles. The largest absolute Gasteiger partial charge is 0.486 e. The van der Waals surface area contributed by atoms with E-state index in [9.17, 15) is 4.39 Å². The number of hydrogen-bond acceptors (Lipinski definition) is 3. The molecule has 0 radical (unpaired) electrons. The van der Waals surface area contributed by atoms with E-state index in [0.29, 0.717) is 11.3 Å². The molecule has 2 aromatic carbocycles. The van der Waals surface area contributed by atoms with Gasteiger partial charge in [0.05, 0.1) is 21.7 Å². The van der Waals surface area contributed by atoms with Crippen LogP contribution in [0.3, 0.4) is 0 Å². The van der Waals surface area contributed by atoms with Crippen LogP contribution in [0, 0.1) is 17.1 Å². The molecule has 0 heterocycles. The second-order valence-electron chi connectivity index (χ2n) is 4.02. The van der Waals surface area contributed by atoms with E-state index >= 15 is 0 Å². The molecule has 0 saturated carbocycles. The predicted molar refractivity (Wildman–Crippen MR) is 76.3 cm³/mol. The highest BCUT2D eigenvalue weighted by atomic mass is 35.5. The fourth-order valence-electron chi connectivity index (χ4n) is 1.62. The first kappa shape index (κ1) is 14.4. The summed E-state index contributed by atoms with van der Waals surface area (Å²) in [5, 5.41) is 9.27. The molecule has 0 aliphatic heterocycles. The number of nitriles is 1. The Labute approximate surface area is 125 Å². The summed E-state index contributed by atoms with van der Waals surface area (Å²) in [4.78, 5) is 0. The van der Waals surface area contributed by atoms with Crippen LogP contribution in [0.5, 0.6) is 5.75 Å². The zero-order valence-corrected chi connectivity index (χ0v) is 11.7. The van der Waals surface area contributed by atoms with Gasteiger partial charge in [-0.25, -0.2) is 4.39 Å². The van der Waals surface area contributed by atoms with Gasteiger partial charge in [0.2, 0.25) is 0 Å². The quantitative estimate of drug-likeness (QED) is 0.866. The van der Waals surface area contributed by atoms with Crippen molar-refractivity contribution in [1.29, 1.82) is 5.26 Å². The Morgan fingerprint density at radius 3 is 2.45 bits per heavy atom. The van der Waals surface area contributed by atoms with Crippen molar-refractivity contribution < 1.29 is 9.13 Å². The molecule has 6 heteroatoms. The zero-order chi connectivity index (χ0) is 14.7. The van der Waals surface area contributed by atoms with E-state index in [0.717, 1.165) is 0 Å². The van der Waals surface area contributed by atoms with Crippen LogP contribution in [-0.4, -0.2) is 0 Å². The highest BCUT2D eigenvalue weighted by Crippen LogP contribution is 2.35. The Hall–Kier alpha value is -1.96. The molecule has 0 aliphatic rings. The minimum atomic E-state index is -0.466. The van der Waals surface area contributed by atoms with Crippen LogP contribution in [0.2, 0.25) is 10.0 Å². The molecular formula is C14H9Cl2FN2O. The van der Waals surface area contributed by atoms with Crippen molar-refractivity contribution >= 4 is 28.9 Å². The van der Waals surface area contributed by atoms with Gasteiger partial charge >= 0.3 is 0 Å². The monoisotopic (exact) mass is 310 g/mol. The smallest absolute Gasteiger partial charge is 0.157 e. The van der Waals surface area contributed by atoms with Crippen LogP contribution >= 0.6 is 23.2 Å². The SMILES string of the molecule is N#Cc1ccc(F)c(COc2c(Cl)cc(N)cc2Cl)c1. The Bertz CT molecular complexity index is 675. The van der Waals surface area contributed by atoms with Crippen molar-refractivity contribution in [2.75, 3.05) is 5.73 Å². The highest BCUT2D eigenvalue weighted by Gasteiger charge is 2.11. The summed E-state index contributed by atoms with van der Waals surface area (Å²) in [6, 6.07) is 8.93. The van der Waals surface area contributed by atoms with Gasteiger partial charge in [-0.3, -0.25) is 0 Å². The van der Waals surface area contributed by atoms with E-state index in [-0.39, 0.29) is 28.0 Å². The van der Waals surface area contributed by atoms with E-state index in [4.69, 9.17) is 38.9 Å². The van der Waals surface area contributed by atoms with Gasteiger partial charge in [-0.15, -0.1) is 0 Å². The topological polar surface area (TPSA) is 59.0 Å². The Morgan fingerprint density at radius 1 is 1.20 bits per heavy atom. The van der Waals surface area contributed by atoms with Crippen LogP contribution in [0.15, 0.2) is 30.3 Å². The van der Waals surface area contributed by atoms with Crippen molar-refractivity contribution in [2.45, 2.75) is 6.61 Å². The van der Waals surface area contributed by atoms with Crippen LogP contribution in [0.1, 0.15) is 11.1 Å². The molecule has 0 amide bonds. The van der Waals surface area contributed by atoms with E-state index in [1.165, 1.54) is 30.3 Å². The summed E-state index contributed by atoms with van der Waals surface area (Å²) < 4.78 is 19.0. The van der Waals surface area contributed by atoms with Gasteiger partial charge in [-0.05, 0) is 30.3 Å². The maximum absolute atomic E-state index is 13.6. The maximum Gasteiger partial charge on any atom is 0.157 e. The number of nitrogens with two attached hydrogens (primary N) is 1. The molecule has 2 rings (SSSR count). The molecule has 2 aromatic rings. The first-order valence-electron chi connectivity index (χ1n) is 5.57. The standard InChI is InChI=1S/C14H9Cl2FN2O/c15-11-4-10(19)5-12(16)14(11)20-7-9-3-8(6-18)1-2-13(9)17/h1-5H,7,19H2. The molecule has 2 N–H and O–H groups in total. The molecule has 0 aliphatic carbocycles. The van der Waals surface area contributed by atoms with Gasteiger partial charge < -0.3 is 10.5 Å². The normalized spacial score (nSPS) is 10.1. The highest BCUT2D eigenvalue weighted by molar-refractivity contribution is 6.37. The maximum atomic E-state index is 13.6. The van der Waals surface area contributed by atoms with Crippen LogP contribution < -0.4 is 10.5 Å². The lowest BCUT2D eigenvalue weighted by Crippen LogP contribution is -2.00. The summed E-state index contributed by atoms with van der Waals surface area (Å²) in [6.07, 6.45) is 0. The van der Waals surface area contributed by atoms with Gasteiger partial charge in [0.1, 0.15) is 12.4 Å². The van der Waals surface area contributed by atoms with E-state index < -0.39 is 5.82 Å². The van der Waals surface area contributed by atoms with E-state index in [1.807, 2.05) is 6.07 Å². The minimum absolute atomic E-state index is 0.0925. The average Bonchev–Trinajstić information content (AvgIpc) is 2.39. The van der Waals surface area contributed by atoms with Crippen molar-refractivity contribution in [2.24, 2.45) is 0 Å². The number of nitrogen functional groups attached to an aromatic ring is 1. The second kappa shape index (κ2) is 6.00. The van der Waals surface area contributed by atoms with Gasteiger partial charge in [-0.1, -0.05) is 23.2 Å².